The Bertz CT molecular complexity index is 684. The van der Waals surface area contributed by atoms with E-state index in [-0.39, 0.29) is 23.2 Å². The monoisotopic (exact) mass is 351 g/mol. The van der Waals surface area contributed by atoms with Crippen LogP contribution in [0.1, 0.15) is 20.3 Å². The van der Waals surface area contributed by atoms with Gasteiger partial charge < -0.3 is 10.1 Å². The average Bonchev–Trinajstić information content (AvgIpc) is 2.69. The maximum Gasteiger partial charge on any atom is 0.307 e. The van der Waals surface area contributed by atoms with Crippen LogP contribution < -0.4 is 10.0 Å². The molecular formula is C11H14ClN3O4S2. The number of sulfonamides is 1. The molecule has 1 aromatic heterocycles. The predicted octanol–water partition coefficient (Wildman–Crippen LogP) is 1.80. The van der Waals surface area contributed by atoms with Gasteiger partial charge in [0.05, 0.1) is 23.4 Å². The van der Waals surface area contributed by atoms with Gasteiger partial charge in [-0.2, -0.15) is 0 Å². The van der Waals surface area contributed by atoms with E-state index in [0.717, 1.165) is 11.3 Å². The number of hydrogen-bond acceptors (Lipinski definition) is 6. The van der Waals surface area contributed by atoms with Crippen molar-refractivity contribution in [1.82, 2.24) is 4.72 Å². The molecule has 0 radical (unpaired) electrons. The summed E-state index contributed by atoms with van der Waals surface area (Å²) in [7, 11) is -3.69. The largest absolute Gasteiger partial charge is 0.466 e. The normalized spacial score (nSPS) is 19.3. The summed E-state index contributed by atoms with van der Waals surface area (Å²) in [6.07, 6.45) is 0.0683. The molecule has 7 nitrogen and oxygen atoms in total. The van der Waals surface area contributed by atoms with Crippen molar-refractivity contribution >= 4 is 49.9 Å². The first-order valence-corrected chi connectivity index (χ1v) is 8.82. The highest BCUT2D eigenvalue weighted by Gasteiger charge is 2.29. The molecule has 2 heterocycles. The first-order valence-electron chi connectivity index (χ1n) is 6.14. The molecule has 0 bridgehead atoms. The molecule has 1 aliphatic heterocycles. The Morgan fingerprint density at radius 1 is 1.57 bits per heavy atom. The van der Waals surface area contributed by atoms with E-state index in [4.69, 9.17) is 16.3 Å². The minimum absolute atomic E-state index is 0.0674. The predicted molar refractivity (Wildman–Crippen MR) is 81.4 cm³/mol. The minimum Gasteiger partial charge on any atom is -0.466 e. The Morgan fingerprint density at radius 3 is 2.95 bits per heavy atom. The number of anilines is 1. The second kappa shape index (κ2) is 6.20. The van der Waals surface area contributed by atoms with Crippen LogP contribution >= 0.6 is 22.9 Å². The number of guanidine groups is 1. The van der Waals surface area contributed by atoms with Crippen LogP contribution in [0, 0.1) is 0 Å². The Hall–Kier alpha value is -1.32. The SMILES string of the molecule is CCOC(=O)CC(C)N=C1Nc2sc(Cl)cc2S(=O)(=O)N1. The molecule has 116 valence electrons. The number of esters is 1. The van der Waals surface area contributed by atoms with Crippen LogP contribution in [0.2, 0.25) is 4.34 Å². The number of carbonyl (C=O) groups is 1. The highest BCUT2D eigenvalue weighted by molar-refractivity contribution is 7.90. The number of carbonyl (C=O) groups excluding carboxylic acids is 1. The van der Waals surface area contributed by atoms with Crippen LogP contribution in [0.5, 0.6) is 0 Å². The van der Waals surface area contributed by atoms with E-state index >= 15 is 0 Å². The fourth-order valence-electron chi connectivity index (χ4n) is 1.73. The molecule has 2 rings (SSSR count). The summed E-state index contributed by atoms with van der Waals surface area (Å²) in [4.78, 5) is 15.6. The third-order valence-corrected chi connectivity index (χ3v) is 5.21. The third-order valence-electron chi connectivity index (χ3n) is 2.54. The molecule has 21 heavy (non-hydrogen) atoms. The summed E-state index contributed by atoms with van der Waals surface area (Å²) in [6.45, 7) is 3.70. The van der Waals surface area contributed by atoms with Gasteiger partial charge in [-0.05, 0) is 19.9 Å². The first-order chi connectivity index (χ1) is 9.81. The van der Waals surface area contributed by atoms with Crippen molar-refractivity contribution < 1.29 is 17.9 Å². The van der Waals surface area contributed by atoms with Gasteiger partial charge >= 0.3 is 5.97 Å². The Balaban J connectivity index is 2.16. The van der Waals surface area contributed by atoms with Gasteiger partial charge in [-0.3, -0.25) is 4.79 Å². The van der Waals surface area contributed by atoms with Gasteiger partial charge in [0.2, 0.25) is 5.96 Å². The zero-order valence-electron chi connectivity index (χ0n) is 11.3. The van der Waals surface area contributed by atoms with E-state index in [1.165, 1.54) is 6.07 Å². The highest BCUT2D eigenvalue weighted by Crippen LogP contribution is 2.36. The maximum absolute atomic E-state index is 12.0. The van der Waals surface area contributed by atoms with Crippen LogP contribution in [0.4, 0.5) is 5.00 Å². The van der Waals surface area contributed by atoms with Gasteiger partial charge in [-0.15, -0.1) is 11.3 Å². The minimum atomic E-state index is -3.69. The zero-order chi connectivity index (χ0) is 15.6. The fraction of sp³-hybridized carbons (Fsp3) is 0.455. The lowest BCUT2D eigenvalue weighted by Crippen LogP contribution is -2.40. The quantitative estimate of drug-likeness (QED) is 0.806. The van der Waals surface area contributed by atoms with Crippen LogP contribution in [-0.4, -0.2) is 33.0 Å². The van der Waals surface area contributed by atoms with Crippen molar-refractivity contribution in [3.63, 3.8) is 0 Å². The number of thiophene rings is 1. The third kappa shape index (κ3) is 3.86. The first kappa shape index (κ1) is 16.1. The lowest BCUT2D eigenvalue weighted by Gasteiger charge is -2.19. The molecule has 1 unspecified atom stereocenters. The van der Waals surface area contributed by atoms with E-state index in [9.17, 15) is 13.2 Å². The summed E-state index contributed by atoms with van der Waals surface area (Å²) in [5.41, 5.74) is 0. The fourth-order valence-corrected chi connectivity index (χ4v) is 4.38. The molecule has 0 aromatic carbocycles. The van der Waals surface area contributed by atoms with E-state index in [2.05, 4.69) is 15.0 Å². The van der Waals surface area contributed by atoms with E-state index < -0.39 is 16.1 Å². The number of nitrogens with zero attached hydrogens (tertiary/aromatic N) is 1. The molecule has 0 amide bonds. The number of nitrogens with one attached hydrogen (secondary N) is 2. The smallest absolute Gasteiger partial charge is 0.307 e. The van der Waals surface area contributed by atoms with E-state index in [0.29, 0.717) is 15.9 Å². The summed E-state index contributed by atoms with van der Waals surface area (Å²) < 4.78 is 31.5. The van der Waals surface area contributed by atoms with Gasteiger partial charge in [-0.25, -0.2) is 18.1 Å². The lowest BCUT2D eigenvalue weighted by atomic mass is 10.2. The molecule has 0 fully saturated rings. The van der Waals surface area contributed by atoms with Crippen molar-refractivity contribution in [2.45, 2.75) is 31.2 Å². The molecule has 1 aliphatic rings. The molecule has 10 heteroatoms. The number of fused-ring (bicyclic) bond motifs is 1. The van der Waals surface area contributed by atoms with Gasteiger partial charge in [-0.1, -0.05) is 11.6 Å². The molecule has 0 saturated heterocycles. The standard InChI is InChI=1S/C11H14ClN3O4S2/c1-3-19-9(16)4-6(2)13-11-14-10-7(5-8(12)20-10)21(17,18)15-11/h5-6H,3-4H2,1-2H3,(H2,13,14,15). The zero-order valence-corrected chi connectivity index (χ0v) is 13.7. The summed E-state index contributed by atoms with van der Waals surface area (Å²) in [6, 6.07) is 0.946. The Labute approximate surface area is 131 Å². The number of aliphatic imine (C=N–C) groups is 1. The summed E-state index contributed by atoms with van der Waals surface area (Å²) >= 11 is 6.93. The number of rotatable bonds is 4. The van der Waals surface area contributed by atoms with Gasteiger partial charge in [0.15, 0.2) is 0 Å². The topological polar surface area (TPSA) is 96.9 Å². The van der Waals surface area contributed by atoms with E-state index in [1.807, 2.05) is 0 Å². The van der Waals surface area contributed by atoms with Crippen molar-refractivity contribution in [1.29, 1.82) is 0 Å². The van der Waals surface area contributed by atoms with Crippen LogP contribution in [-0.2, 0) is 19.6 Å². The Kier molecular flexibility index (Phi) is 4.74. The second-order valence-corrected chi connectivity index (χ2v) is 7.64. The summed E-state index contributed by atoms with van der Waals surface area (Å²) in [5.74, 6) is -0.314. The van der Waals surface area contributed by atoms with Gasteiger partial charge in [0.25, 0.3) is 10.0 Å². The Morgan fingerprint density at radius 2 is 2.29 bits per heavy atom. The molecule has 0 spiro atoms. The van der Waals surface area contributed by atoms with Crippen molar-refractivity contribution in [2.75, 3.05) is 11.9 Å². The van der Waals surface area contributed by atoms with Crippen molar-refractivity contribution in [2.24, 2.45) is 4.99 Å². The van der Waals surface area contributed by atoms with Crippen molar-refractivity contribution in [3.05, 3.63) is 10.4 Å². The molecule has 0 saturated carbocycles. The number of hydrogen-bond donors (Lipinski definition) is 2. The summed E-state index contributed by atoms with van der Waals surface area (Å²) in [5, 5.41) is 3.25. The van der Waals surface area contributed by atoms with Gasteiger partial charge in [0.1, 0.15) is 9.90 Å². The van der Waals surface area contributed by atoms with Gasteiger partial charge in [0, 0.05) is 0 Å². The van der Waals surface area contributed by atoms with Crippen LogP contribution in [0.3, 0.4) is 0 Å². The second-order valence-electron chi connectivity index (χ2n) is 4.31. The highest BCUT2D eigenvalue weighted by atomic mass is 35.5. The molecular weight excluding hydrogens is 338 g/mol. The maximum atomic E-state index is 12.0. The van der Waals surface area contributed by atoms with Crippen LogP contribution in [0.15, 0.2) is 16.0 Å². The number of halogens is 1. The average molecular weight is 352 g/mol. The molecule has 1 aromatic rings. The molecule has 0 aliphatic carbocycles. The molecule has 2 N–H and O–H groups in total. The number of ether oxygens (including phenoxy) is 1. The van der Waals surface area contributed by atoms with E-state index in [1.54, 1.807) is 13.8 Å². The lowest BCUT2D eigenvalue weighted by molar-refractivity contribution is -0.143. The molecule has 1 atom stereocenters. The van der Waals surface area contributed by atoms with Crippen LogP contribution in [0.25, 0.3) is 0 Å². The van der Waals surface area contributed by atoms with Crippen molar-refractivity contribution in [3.8, 4) is 0 Å².